The highest BCUT2D eigenvalue weighted by atomic mass is 32.2. The third kappa shape index (κ3) is 4.50. The van der Waals surface area contributed by atoms with Crippen molar-refractivity contribution in [1.82, 2.24) is 0 Å². The van der Waals surface area contributed by atoms with E-state index in [1.165, 1.54) is 7.11 Å². The van der Waals surface area contributed by atoms with Gasteiger partial charge in [0.1, 0.15) is 5.75 Å². The van der Waals surface area contributed by atoms with E-state index in [2.05, 4.69) is 5.32 Å². The van der Waals surface area contributed by atoms with Crippen molar-refractivity contribution in [2.45, 2.75) is 50.5 Å². The number of sulfone groups is 1. The van der Waals surface area contributed by atoms with Crippen LogP contribution >= 0.6 is 0 Å². The van der Waals surface area contributed by atoms with Crippen LogP contribution in [-0.2, 0) is 25.8 Å². The van der Waals surface area contributed by atoms with Crippen LogP contribution in [0.5, 0.6) is 5.75 Å². The van der Waals surface area contributed by atoms with Crippen molar-refractivity contribution >= 4 is 33.0 Å². The molecule has 8 heteroatoms. The Balaban J connectivity index is 1.44. The predicted octanol–water partition coefficient (Wildman–Crippen LogP) is 3.49. The number of aryl methyl sites for hydroxylation is 1. The van der Waals surface area contributed by atoms with E-state index < -0.39 is 15.7 Å². The van der Waals surface area contributed by atoms with Gasteiger partial charge in [-0.2, -0.15) is 0 Å². The number of amides is 2. The number of nitrogens with one attached hydrogen (secondary N) is 1. The normalized spacial score (nSPS) is 17.7. The van der Waals surface area contributed by atoms with Gasteiger partial charge in [-0.25, -0.2) is 8.42 Å². The summed E-state index contributed by atoms with van der Waals surface area (Å²) in [5.74, 6) is 0.0669. The van der Waals surface area contributed by atoms with Gasteiger partial charge >= 0.3 is 0 Å². The molecule has 0 saturated heterocycles. The number of rotatable bonds is 7. The Morgan fingerprint density at radius 1 is 1.16 bits per heavy atom. The zero-order valence-electron chi connectivity index (χ0n) is 18.6. The second-order valence-electron chi connectivity index (χ2n) is 8.65. The first kappa shape index (κ1) is 22.3. The summed E-state index contributed by atoms with van der Waals surface area (Å²) >= 11 is 0. The number of carbonyl (C=O) groups is 2. The number of hydrogen-bond donors (Lipinski definition) is 1. The minimum Gasteiger partial charge on any atom is -0.495 e. The van der Waals surface area contributed by atoms with Crippen molar-refractivity contribution in [3.8, 4) is 5.75 Å². The summed E-state index contributed by atoms with van der Waals surface area (Å²) in [6.07, 6.45) is 2.32. The lowest BCUT2D eigenvalue weighted by Gasteiger charge is -2.22. The molecule has 2 amide bonds. The van der Waals surface area contributed by atoms with E-state index in [4.69, 9.17) is 4.74 Å². The van der Waals surface area contributed by atoms with Crippen molar-refractivity contribution in [2.24, 2.45) is 5.92 Å². The van der Waals surface area contributed by atoms with Gasteiger partial charge in [0.05, 0.1) is 23.4 Å². The average molecular weight is 457 g/mol. The van der Waals surface area contributed by atoms with E-state index in [9.17, 15) is 18.0 Å². The second-order valence-corrected chi connectivity index (χ2v) is 10.8. The number of anilines is 2. The van der Waals surface area contributed by atoms with Gasteiger partial charge in [0, 0.05) is 24.1 Å². The highest BCUT2D eigenvalue weighted by Gasteiger charge is 2.39. The quantitative estimate of drug-likeness (QED) is 0.688. The maximum Gasteiger partial charge on any atom is 0.230 e. The van der Waals surface area contributed by atoms with Gasteiger partial charge in [-0.15, -0.1) is 0 Å². The van der Waals surface area contributed by atoms with E-state index in [1.807, 2.05) is 24.8 Å². The molecule has 32 heavy (non-hydrogen) atoms. The molecule has 1 aliphatic carbocycles. The number of methoxy groups -OCH3 is 1. The number of nitrogens with zero attached hydrogens (tertiary/aromatic N) is 1. The zero-order chi connectivity index (χ0) is 23.0. The molecule has 4 rings (SSSR count). The smallest absolute Gasteiger partial charge is 0.230 e. The summed E-state index contributed by atoms with van der Waals surface area (Å²) in [5, 5.41) is 2.74. The molecule has 1 atom stereocenters. The molecule has 7 nitrogen and oxygen atoms in total. The van der Waals surface area contributed by atoms with E-state index in [1.54, 1.807) is 30.3 Å². The first-order valence-corrected chi connectivity index (χ1v) is 12.5. The fourth-order valence-electron chi connectivity index (χ4n) is 4.14. The Hall–Kier alpha value is -2.87. The molecule has 0 radical (unpaired) electrons. The minimum absolute atomic E-state index is 0.0196. The largest absolute Gasteiger partial charge is 0.495 e. The van der Waals surface area contributed by atoms with Gasteiger partial charge in [-0.3, -0.25) is 9.59 Å². The first-order chi connectivity index (χ1) is 15.2. The number of hydrogen-bond acceptors (Lipinski definition) is 5. The van der Waals surface area contributed by atoms with Crippen molar-refractivity contribution in [3.05, 3.63) is 47.5 Å². The van der Waals surface area contributed by atoms with Crippen LogP contribution in [0.1, 0.15) is 37.3 Å². The summed E-state index contributed by atoms with van der Waals surface area (Å²) in [4.78, 5) is 27.0. The third-order valence-corrected chi connectivity index (χ3v) is 7.73. The van der Waals surface area contributed by atoms with E-state index in [0.717, 1.165) is 29.7 Å². The molecule has 0 spiro atoms. The van der Waals surface area contributed by atoms with Gasteiger partial charge in [-0.05, 0) is 74.6 Å². The van der Waals surface area contributed by atoms with Gasteiger partial charge in [-0.1, -0.05) is 6.07 Å². The van der Waals surface area contributed by atoms with Crippen LogP contribution in [-0.4, -0.2) is 39.1 Å². The summed E-state index contributed by atoms with van der Waals surface area (Å²) in [6, 6.07) is 10.3. The lowest BCUT2D eigenvalue weighted by atomic mass is 10.1. The Labute approximate surface area is 188 Å². The molecule has 2 aromatic carbocycles. The molecule has 1 saturated carbocycles. The Bertz CT molecular complexity index is 1170. The van der Waals surface area contributed by atoms with Crippen LogP contribution in [0, 0.1) is 12.8 Å². The molecular weight excluding hydrogens is 428 g/mol. The second kappa shape index (κ2) is 8.58. The summed E-state index contributed by atoms with van der Waals surface area (Å²) in [6.45, 7) is 3.88. The van der Waals surface area contributed by atoms with Crippen molar-refractivity contribution < 1.29 is 22.7 Å². The van der Waals surface area contributed by atoms with E-state index in [-0.39, 0.29) is 34.9 Å². The highest BCUT2D eigenvalue weighted by Crippen LogP contribution is 2.39. The molecule has 1 heterocycles. The Morgan fingerprint density at radius 2 is 1.91 bits per heavy atom. The molecule has 0 aromatic heterocycles. The van der Waals surface area contributed by atoms with Gasteiger partial charge < -0.3 is 15.0 Å². The lowest BCUT2D eigenvalue weighted by molar-refractivity contribution is -0.120. The number of benzene rings is 2. The van der Waals surface area contributed by atoms with Crippen LogP contribution in [0.3, 0.4) is 0 Å². The number of ether oxygens (including phenoxy) is 1. The van der Waals surface area contributed by atoms with Crippen molar-refractivity contribution in [1.29, 1.82) is 0 Å². The molecule has 1 N–H and O–H groups in total. The van der Waals surface area contributed by atoms with E-state index >= 15 is 0 Å². The first-order valence-electron chi connectivity index (χ1n) is 10.8. The van der Waals surface area contributed by atoms with Crippen LogP contribution in [0.15, 0.2) is 41.3 Å². The average Bonchev–Trinajstić information content (AvgIpc) is 3.54. The van der Waals surface area contributed by atoms with Crippen LogP contribution in [0.4, 0.5) is 11.4 Å². The maximum absolute atomic E-state index is 12.9. The lowest BCUT2D eigenvalue weighted by Crippen LogP contribution is -2.36. The van der Waals surface area contributed by atoms with Crippen LogP contribution < -0.4 is 15.0 Å². The molecular formula is C24H28N2O5S. The van der Waals surface area contributed by atoms with Crippen molar-refractivity contribution in [3.63, 3.8) is 0 Å². The fraction of sp³-hybridized carbons (Fsp3) is 0.417. The van der Waals surface area contributed by atoms with Gasteiger partial charge in [0.2, 0.25) is 11.8 Å². The van der Waals surface area contributed by atoms with Crippen LogP contribution in [0.25, 0.3) is 0 Å². The monoisotopic (exact) mass is 456 g/mol. The zero-order valence-corrected chi connectivity index (χ0v) is 19.4. The van der Waals surface area contributed by atoms with E-state index in [0.29, 0.717) is 17.9 Å². The SMILES string of the molecule is COc1ccc(C)cc1NC(=O)CCS(=O)(=O)c1ccc2c(c1)C[C@H](C)N2C(=O)C1CC1. The molecule has 2 aromatic rings. The molecule has 2 aliphatic rings. The number of fused-ring (bicyclic) bond motifs is 1. The standard InChI is InChI=1S/C24H28N2O5S/c1-15-4-9-22(31-3)20(12-15)25-23(27)10-11-32(29,30)19-7-8-21-18(14-19)13-16(2)26(21)24(28)17-5-6-17/h4,7-9,12,14,16-17H,5-6,10-11,13H2,1-3H3,(H,25,27)/t16-/m0/s1. The predicted molar refractivity (Wildman–Crippen MR) is 123 cm³/mol. The summed E-state index contributed by atoms with van der Waals surface area (Å²) in [5.41, 5.74) is 3.14. The molecule has 0 bridgehead atoms. The summed E-state index contributed by atoms with van der Waals surface area (Å²) < 4.78 is 31.0. The van der Waals surface area contributed by atoms with Crippen LogP contribution in [0.2, 0.25) is 0 Å². The van der Waals surface area contributed by atoms with Crippen molar-refractivity contribution in [2.75, 3.05) is 23.1 Å². The molecule has 1 fully saturated rings. The summed E-state index contributed by atoms with van der Waals surface area (Å²) in [7, 11) is -2.14. The topological polar surface area (TPSA) is 92.8 Å². The fourth-order valence-corrected chi connectivity index (χ4v) is 5.43. The minimum atomic E-state index is -3.65. The Kier molecular flexibility index (Phi) is 5.99. The molecule has 170 valence electrons. The maximum atomic E-state index is 12.9. The highest BCUT2D eigenvalue weighted by molar-refractivity contribution is 7.91. The molecule has 0 unspecified atom stereocenters. The molecule has 1 aliphatic heterocycles. The third-order valence-electron chi connectivity index (χ3n) is 6.02. The number of carbonyl (C=O) groups excluding carboxylic acids is 2. The van der Waals surface area contributed by atoms with Gasteiger partial charge in [0.25, 0.3) is 0 Å². The van der Waals surface area contributed by atoms with Gasteiger partial charge in [0.15, 0.2) is 9.84 Å². The Morgan fingerprint density at radius 3 is 2.59 bits per heavy atom.